The number of rotatable bonds is 3. The number of carboxylic acids is 1. The van der Waals surface area contributed by atoms with Crippen LogP contribution in [0.15, 0.2) is 0 Å². The normalized spacial score (nSPS) is 18.5. The fraction of sp³-hybridized carbons (Fsp3) is 0.692. The summed E-state index contributed by atoms with van der Waals surface area (Å²) in [7, 11) is 0. The first-order chi connectivity index (χ1) is 10.2. The molecule has 1 aliphatic rings. The van der Waals surface area contributed by atoms with Gasteiger partial charge in [-0.2, -0.15) is 0 Å². The summed E-state index contributed by atoms with van der Waals surface area (Å²) in [5.74, 6) is -1.12. The Kier molecular flexibility index (Phi) is 4.36. The van der Waals surface area contributed by atoms with E-state index in [1.54, 1.807) is 25.7 Å². The van der Waals surface area contributed by atoms with E-state index in [1.807, 2.05) is 0 Å². The molecular weight excluding hydrogens is 290 g/mol. The largest absolute Gasteiger partial charge is 0.476 e. The molecule has 9 nitrogen and oxygen atoms in total. The van der Waals surface area contributed by atoms with Crippen molar-refractivity contribution < 1.29 is 19.4 Å². The van der Waals surface area contributed by atoms with E-state index in [2.05, 4.69) is 10.3 Å². The van der Waals surface area contributed by atoms with Crippen molar-refractivity contribution in [2.45, 2.75) is 45.4 Å². The zero-order chi connectivity index (χ0) is 16.5. The molecule has 0 saturated carbocycles. The van der Waals surface area contributed by atoms with Crippen LogP contribution in [0.1, 0.15) is 49.4 Å². The topological polar surface area (TPSA) is 124 Å². The lowest BCUT2D eigenvalue weighted by Gasteiger charge is -2.24. The monoisotopic (exact) mass is 311 g/mol. The second kappa shape index (κ2) is 5.91. The lowest BCUT2D eigenvalue weighted by Crippen LogP contribution is -2.35. The van der Waals surface area contributed by atoms with E-state index in [1.165, 1.54) is 4.68 Å². The first-order valence-electron chi connectivity index (χ1n) is 7.08. The fourth-order valence-electron chi connectivity index (χ4n) is 2.37. The van der Waals surface area contributed by atoms with Crippen molar-refractivity contribution in [1.82, 2.24) is 19.9 Å². The van der Waals surface area contributed by atoms with Crippen LogP contribution in [0.4, 0.5) is 4.79 Å². The third kappa shape index (κ3) is 3.35. The number of nitrogens with two attached hydrogens (primary N) is 1. The molecule has 22 heavy (non-hydrogen) atoms. The number of hydrogen-bond acceptors (Lipinski definition) is 6. The van der Waals surface area contributed by atoms with Crippen LogP contribution in [-0.4, -0.2) is 55.8 Å². The van der Waals surface area contributed by atoms with Gasteiger partial charge in [-0.25, -0.2) is 14.3 Å². The van der Waals surface area contributed by atoms with E-state index in [0.29, 0.717) is 19.5 Å². The van der Waals surface area contributed by atoms with Crippen LogP contribution in [0.2, 0.25) is 0 Å². The number of carboxylic acid groups (broad SMARTS) is 1. The highest BCUT2D eigenvalue weighted by Gasteiger charge is 2.34. The molecule has 1 aromatic rings. The van der Waals surface area contributed by atoms with Gasteiger partial charge in [-0.1, -0.05) is 5.21 Å². The van der Waals surface area contributed by atoms with Gasteiger partial charge in [0.15, 0.2) is 5.69 Å². The van der Waals surface area contributed by atoms with E-state index < -0.39 is 17.7 Å². The van der Waals surface area contributed by atoms with E-state index in [4.69, 9.17) is 10.5 Å². The third-order valence-electron chi connectivity index (χ3n) is 3.32. The van der Waals surface area contributed by atoms with Gasteiger partial charge in [-0.3, -0.25) is 0 Å². The zero-order valence-corrected chi connectivity index (χ0v) is 12.9. The van der Waals surface area contributed by atoms with Crippen LogP contribution in [0.3, 0.4) is 0 Å². The van der Waals surface area contributed by atoms with Gasteiger partial charge in [0, 0.05) is 19.6 Å². The predicted molar refractivity (Wildman–Crippen MR) is 76.3 cm³/mol. The van der Waals surface area contributed by atoms with E-state index >= 15 is 0 Å². The Labute approximate surface area is 128 Å². The second-order valence-electron chi connectivity index (χ2n) is 6.21. The van der Waals surface area contributed by atoms with Gasteiger partial charge < -0.3 is 20.5 Å². The molecule has 1 fully saturated rings. The SMILES string of the molecule is CC(C)(C)OC(=O)N1CCC(n2nnc(CN)c2C(=O)O)C1. The smallest absolute Gasteiger partial charge is 0.410 e. The maximum Gasteiger partial charge on any atom is 0.410 e. The molecule has 2 rings (SSSR count). The Bertz CT molecular complexity index is 577. The number of carbonyl (C=O) groups is 2. The predicted octanol–water partition coefficient (Wildman–Crippen LogP) is 0.617. The molecular formula is C13H21N5O4. The molecule has 1 atom stereocenters. The Morgan fingerprint density at radius 2 is 2.14 bits per heavy atom. The van der Waals surface area contributed by atoms with Crippen LogP contribution in [0, 0.1) is 0 Å². The second-order valence-corrected chi connectivity index (χ2v) is 6.21. The van der Waals surface area contributed by atoms with E-state index in [-0.39, 0.29) is 24.0 Å². The summed E-state index contributed by atoms with van der Waals surface area (Å²) >= 11 is 0. The molecule has 1 amide bonds. The lowest BCUT2D eigenvalue weighted by molar-refractivity contribution is 0.0288. The Balaban J connectivity index is 2.12. The molecule has 1 saturated heterocycles. The number of aromatic carboxylic acids is 1. The summed E-state index contributed by atoms with van der Waals surface area (Å²) in [6.45, 7) is 6.22. The summed E-state index contributed by atoms with van der Waals surface area (Å²) in [5, 5.41) is 17.0. The number of aromatic nitrogens is 3. The summed E-state index contributed by atoms with van der Waals surface area (Å²) in [5.41, 5.74) is 5.14. The van der Waals surface area contributed by atoms with Gasteiger partial charge in [0.05, 0.1) is 6.04 Å². The summed E-state index contributed by atoms with van der Waals surface area (Å²) in [6.07, 6.45) is 0.179. The molecule has 3 N–H and O–H groups in total. The van der Waals surface area contributed by atoms with Gasteiger partial charge >= 0.3 is 12.1 Å². The van der Waals surface area contributed by atoms with Crippen LogP contribution >= 0.6 is 0 Å². The van der Waals surface area contributed by atoms with Crippen molar-refractivity contribution in [2.24, 2.45) is 5.73 Å². The maximum absolute atomic E-state index is 12.0. The quantitative estimate of drug-likeness (QED) is 0.838. The number of nitrogens with zero attached hydrogens (tertiary/aromatic N) is 4. The van der Waals surface area contributed by atoms with Crippen LogP contribution in [0.5, 0.6) is 0 Å². The molecule has 0 radical (unpaired) electrons. The van der Waals surface area contributed by atoms with E-state index in [0.717, 1.165) is 0 Å². The van der Waals surface area contributed by atoms with Crippen molar-refractivity contribution >= 4 is 12.1 Å². The molecule has 1 aliphatic heterocycles. The van der Waals surface area contributed by atoms with Gasteiger partial charge in [-0.05, 0) is 27.2 Å². The van der Waals surface area contributed by atoms with Crippen LogP contribution < -0.4 is 5.73 Å². The van der Waals surface area contributed by atoms with Crippen molar-refractivity contribution in [2.75, 3.05) is 13.1 Å². The zero-order valence-electron chi connectivity index (χ0n) is 12.9. The Hall–Kier alpha value is -2.16. The molecule has 0 spiro atoms. The molecule has 2 heterocycles. The summed E-state index contributed by atoms with van der Waals surface area (Å²) in [4.78, 5) is 24.9. The number of hydrogen-bond donors (Lipinski definition) is 2. The first kappa shape index (κ1) is 16.2. The Morgan fingerprint density at radius 1 is 1.45 bits per heavy atom. The van der Waals surface area contributed by atoms with Gasteiger partial charge in [0.25, 0.3) is 0 Å². The number of carbonyl (C=O) groups excluding carboxylic acids is 1. The number of likely N-dealkylation sites (tertiary alicyclic amines) is 1. The highest BCUT2D eigenvalue weighted by atomic mass is 16.6. The maximum atomic E-state index is 12.0. The molecule has 1 unspecified atom stereocenters. The highest BCUT2D eigenvalue weighted by molar-refractivity contribution is 5.86. The molecule has 9 heteroatoms. The molecule has 1 aromatic heterocycles. The van der Waals surface area contributed by atoms with Crippen molar-refractivity contribution in [3.8, 4) is 0 Å². The minimum atomic E-state index is -1.12. The van der Waals surface area contributed by atoms with E-state index in [9.17, 15) is 14.7 Å². The first-order valence-corrected chi connectivity index (χ1v) is 7.08. The molecule has 0 aromatic carbocycles. The van der Waals surface area contributed by atoms with Crippen LogP contribution in [0.25, 0.3) is 0 Å². The van der Waals surface area contributed by atoms with Crippen LogP contribution in [-0.2, 0) is 11.3 Å². The average molecular weight is 311 g/mol. The van der Waals surface area contributed by atoms with Crippen molar-refractivity contribution in [1.29, 1.82) is 0 Å². The standard InChI is InChI=1S/C13H21N5O4/c1-13(2,3)22-12(21)17-5-4-8(7-17)18-10(11(19)20)9(6-14)15-16-18/h8H,4-7,14H2,1-3H3,(H,19,20). The van der Waals surface area contributed by atoms with Crippen molar-refractivity contribution in [3.63, 3.8) is 0 Å². The molecule has 122 valence electrons. The minimum Gasteiger partial charge on any atom is -0.476 e. The Morgan fingerprint density at radius 3 is 2.68 bits per heavy atom. The lowest BCUT2D eigenvalue weighted by atomic mass is 10.2. The summed E-state index contributed by atoms with van der Waals surface area (Å²) in [6, 6.07) is -0.244. The summed E-state index contributed by atoms with van der Waals surface area (Å²) < 4.78 is 6.66. The third-order valence-corrected chi connectivity index (χ3v) is 3.32. The van der Waals surface area contributed by atoms with Gasteiger partial charge in [0.1, 0.15) is 11.3 Å². The molecule has 0 bridgehead atoms. The fourth-order valence-corrected chi connectivity index (χ4v) is 2.37. The van der Waals surface area contributed by atoms with Crippen molar-refractivity contribution in [3.05, 3.63) is 11.4 Å². The van der Waals surface area contributed by atoms with Gasteiger partial charge in [0.2, 0.25) is 0 Å². The number of amides is 1. The minimum absolute atomic E-state index is 0.00410. The van der Waals surface area contributed by atoms with Gasteiger partial charge in [-0.15, -0.1) is 5.10 Å². The number of ether oxygens (including phenoxy) is 1. The highest BCUT2D eigenvalue weighted by Crippen LogP contribution is 2.25. The molecule has 0 aliphatic carbocycles. The average Bonchev–Trinajstić information content (AvgIpc) is 3.02.